The first-order valence-corrected chi connectivity index (χ1v) is 13.5. The molecule has 3 heterocycles. The molecule has 0 radical (unpaired) electrons. The van der Waals surface area contributed by atoms with Crippen LogP contribution >= 0.6 is 0 Å². The van der Waals surface area contributed by atoms with Crippen molar-refractivity contribution in [1.29, 1.82) is 0 Å². The van der Waals surface area contributed by atoms with Crippen LogP contribution in [-0.2, 0) is 30.3 Å². The molecule has 4 rings (SSSR count). The highest BCUT2D eigenvalue weighted by atomic mass is 16.5. The van der Waals surface area contributed by atoms with Crippen LogP contribution in [0.2, 0.25) is 0 Å². The molecule has 2 saturated heterocycles. The van der Waals surface area contributed by atoms with E-state index in [9.17, 15) is 19.2 Å². The molecule has 2 fully saturated rings. The SMILES string of the molecule is NC(=O)C[C@H](N)C(=O)N1CC[C@H]2NC(=O)[C@H](Cc3ccccc3)NC(=O)C3(C/C=C/C[C@@H]2C1)CCOCC3. The Balaban J connectivity index is 1.57. The molecule has 1 aromatic carbocycles. The topological polar surface area (TPSA) is 157 Å². The van der Waals surface area contributed by atoms with E-state index < -0.39 is 23.4 Å². The molecule has 0 aliphatic carbocycles. The lowest BCUT2D eigenvalue weighted by Gasteiger charge is -2.41. The highest BCUT2D eigenvalue weighted by molar-refractivity contribution is 5.91. The van der Waals surface area contributed by atoms with Crippen LogP contribution in [0.25, 0.3) is 0 Å². The van der Waals surface area contributed by atoms with E-state index in [0.717, 1.165) is 5.56 Å². The zero-order valence-corrected chi connectivity index (χ0v) is 21.8. The lowest BCUT2D eigenvalue weighted by atomic mass is 9.75. The second-order valence-corrected chi connectivity index (χ2v) is 10.7. The minimum atomic E-state index is -0.973. The van der Waals surface area contributed by atoms with Crippen LogP contribution in [0.1, 0.15) is 44.1 Å². The summed E-state index contributed by atoms with van der Waals surface area (Å²) in [6.45, 7) is 1.83. The molecule has 4 amide bonds. The molecule has 1 aromatic rings. The number of fused-ring (bicyclic) bond motifs is 1. The number of hydrogen-bond donors (Lipinski definition) is 4. The summed E-state index contributed by atoms with van der Waals surface area (Å²) in [4.78, 5) is 53.1. The molecular weight excluding hydrogens is 486 g/mol. The van der Waals surface area contributed by atoms with Crippen molar-refractivity contribution >= 4 is 23.6 Å². The number of amides is 4. The van der Waals surface area contributed by atoms with Crippen LogP contribution in [0.5, 0.6) is 0 Å². The third-order valence-corrected chi connectivity index (χ3v) is 8.06. The zero-order valence-electron chi connectivity index (χ0n) is 21.8. The summed E-state index contributed by atoms with van der Waals surface area (Å²) in [6, 6.07) is 7.78. The van der Waals surface area contributed by atoms with E-state index >= 15 is 0 Å². The molecule has 0 aromatic heterocycles. The van der Waals surface area contributed by atoms with Gasteiger partial charge in [-0.05, 0) is 37.7 Å². The van der Waals surface area contributed by atoms with E-state index in [4.69, 9.17) is 16.2 Å². The summed E-state index contributed by atoms with van der Waals surface area (Å²) >= 11 is 0. The first kappa shape index (κ1) is 27.8. The van der Waals surface area contributed by atoms with Gasteiger partial charge in [0.2, 0.25) is 23.6 Å². The molecule has 0 unspecified atom stereocenters. The number of benzene rings is 1. The minimum Gasteiger partial charge on any atom is -0.381 e. The number of rotatable bonds is 5. The first-order chi connectivity index (χ1) is 18.3. The van der Waals surface area contributed by atoms with Gasteiger partial charge in [0, 0.05) is 44.7 Å². The van der Waals surface area contributed by atoms with Crippen molar-refractivity contribution in [2.45, 2.75) is 63.1 Å². The van der Waals surface area contributed by atoms with Crippen molar-refractivity contribution in [3.05, 3.63) is 48.0 Å². The summed E-state index contributed by atoms with van der Waals surface area (Å²) in [5.74, 6) is -1.29. The van der Waals surface area contributed by atoms with Crippen molar-refractivity contribution in [1.82, 2.24) is 15.5 Å². The molecule has 0 saturated carbocycles. The number of carbonyl (C=O) groups is 4. The summed E-state index contributed by atoms with van der Waals surface area (Å²) in [6.07, 6.45) is 7.21. The average molecular weight is 526 g/mol. The Morgan fingerprint density at radius 1 is 1.11 bits per heavy atom. The van der Waals surface area contributed by atoms with E-state index in [-0.39, 0.29) is 36.1 Å². The van der Waals surface area contributed by atoms with Crippen LogP contribution in [0.15, 0.2) is 42.5 Å². The Bertz CT molecular complexity index is 1040. The van der Waals surface area contributed by atoms with Gasteiger partial charge in [-0.3, -0.25) is 19.2 Å². The van der Waals surface area contributed by atoms with E-state index in [1.54, 1.807) is 4.90 Å². The van der Waals surface area contributed by atoms with Gasteiger partial charge in [-0.15, -0.1) is 0 Å². The number of nitrogens with two attached hydrogens (primary N) is 2. The number of piperidine rings is 1. The van der Waals surface area contributed by atoms with Gasteiger partial charge in [0.1, 0.15) is 6.04 Å². The fraction of sp³-hybridized carbons (Fsp3) is 0.571. The quantitative estimate of drug-likeness (QED) is 0.408. The van der Waals surface area contributed by atoms with Gasteiger partial charge in [-0.25, -0.2) is 0 Å². The maximum atomic E-state index is 13.6. The molecule has 10 heteroatoms. The van der Waals surface area contributed by atoms with Crippen molar-refractivity contribution in [3.8, 4) is 0 Å². The van der Waals surface area contributed by atoms with Crippen LogP contribution in [0.3, 0.4) is 0 Å². The van der Waals surface area contributed by atoms with Crippen molar-refractivity contribution in [2.75, 3.05) is 26.3 Å². The number of allylic oxidation sites excluding steroid dienone is 2. The number of primary amides is 1. The van der Waals surface area contributed by atoms with Gasteiger partial charge in [-0.2, -0.15) is 0 Å². The van der Waals surface area contributed by atoms with Crippen LogP contribution in [0, 0.1) is 11.3 Å². The predicted molar refractivity (Wildman–Crippen MR) is 141 cm³/mol. The maximum Gasteiger partial charge on any atom is 0.243 e. The smallest absolute Gasteiger partial charge is 0.243 e. The van der Waals surface area contributed by atoms with Crippen molar-refractivity contribution < 1.29 is 23.9 Å². The monoisotopic (exact) mass is 525 g/mol. The number of nitrogens with zero attached hydrogens (tertiary/aromatic N) is 1. The normalized spacial score (nSPS) is 27.6. The number of likely N-dealkylation sites (tertiary alicyclic amines) is 1. The predicted octanol–water partition coefficient (Wildman–Crippen LogP) is 0.397. The summed E-state index contributed by atoms with van der Waals surface area (Å²) < 4.78 is 5.55. The van der Waals surface area contributed by atoms with Crippen LogP contribution in [-0.4, -0.2) is 73.0 Å². The van der Waals surface area contributed by atoms with Crippen LogP contribution in [0.4, 0.5) is 0 Å². The average Bonchev–Trinajstić information content (AvgIpc) is 2.91. The molecule has 4 atom stereocenters. The Kier molecular flexibility index (Phi) is 9.17. The van der Waals surface area contributed by atoms with Crippen molar-refractivity contribution in [3.63, 3.8) is 0 Å². The number of carbonyl (C=O) groups excluding carboxylic acids is 4. The number of ether oxygens (including phenoxy) is 1. The zero-order chi connectivity index (χ0) is 27.1. The Labute approximate surface area is 223 Å². The fourth-order valence-electron chi connectivity index (χ4n) is 5.72. The van der Waals surface area contributed by atoms with E-state index in [2.05, 4.69) is 22.8 Å². The van der Waals surface area contributed by atoms with Gasteiger partial charge in [0.15, 0.2) is 0 Å². The Morgan fingerprint density at radius 3 is 2.55 bits per heavy atom. The summed E-state index contributed by atoms with van der Waals surface area (Å²) in [5, 5.41) is 6.27. The summed E-state index contributed by atoms with van der Waals surface area (Å²) in [7, 11) is 0. The van der Waals surface area contributed by atoms with Gasteiger partial charge in [-0.1, -0.05) is 42.5 Å². The lowest BCUT2D eigenvalue weighted by Crippen LogP contribution is -2.59. The molecular formula is C28H39N5O5. The van der Waals surface area contributed by atoms with Gasteiger partial charge in [0.25, 0.3) is 0 Å². The Morgan fingerprint density at radius 2 is 1.84 bits per heavy atom. The Hall–Kier alpha value is -3.24. The van der Waals surface area contributed by atoms with E-state index in [0.29, 0.717) is 64.8 Å². The fourth-order valence-corrected chi connectivity index (χ4v) is 5.72. The van der Waals surface area contributed by atoms with Gasteiger partial charge in [0.05, 0.1) is 17.9 Å². The number of hydrogen-bond acceptors (Lipinski definition) is 6. The van der Waals surface area contributed by atoms with Crippen LogP contribution < -0.4 is 22.1 Å². The van der Waals surface area contributed by atoms with Crippen molar-refractivity contribution in [2.24, 2.45) is 22.8 Å². The minimum absolute atomic E-state index is 0.0354. The van der Waals surface area contributed by atoms with E-state index in [1.165, 1.54) is 0 Å². The molecule has 38 heavy (non-hydrogen) atoms. The third-order valence-electron chi connectivity index (χ3n) is 8.06. The number of nitrogens with one attached hydrogen (secondary N) is 2. The van der Waals surface area contributed by atoms with Gasteiger partial charge >= 0.3 is 0 Å². The molecule has 3 aliphatic rings. The van der Waals surface area contributed by atoms with Gasteiger partial charge < -0.3 is 31.7 Å². The van der Waals surface area contributed by atoms with E-state index in [1.807, 2.05) is 30.3 Å². The molecule has 206 valence electrons. The lowest BCUT2D eigenvalue weighted by molar-refractivity contribution is -0.140. The molecule has 10 nitrogen and oxygen atoms in total. The standard InChI is InChI=1S/C28H39N5O5/c29-21(17-24(30)34)26(36)33-13-9-22-20(18-33)8-4-5-10-28(11-14-38-15-12-28)27(37)32-23(25(35)31-22)16-19-6-2-1-3-7-19/h1-7,20-23H,8-18,29H2,(H2,30,34)(H,31,35)(H,32,37)/b5-4+/t20-,21+,22-,23+/m1/s1. The first-order valence-electron chi connectivity index (χ1n) is 13.5. The highest BCUT2D eigenvalue weighted by Crippen LogP contribution is 2.36. The summed E-state index contributed by atoms with van der Waals surface area (Å²) in [5.41, 5.74) is 11.5. The maximum absolute atomic E-state index is 13.6. The molecule has 6 N–H and O–H groups in total. The third kappa shape index (κ3) is 6.79. The second kappa shape index (κ2) is 12.5. The highest BCUT2D eigenvalue weighted by Gasteiger charge is 2.42. The molecule has 3 aliphatic heterocycles. The molecule has 1 spiro atoms. The second-order valence-electron chi connectivity index (χ2n) is 10.7. The largest absolute Gasteiger partial charge is 0.381 e. The molecule has 0 bridgehead atoms.